The van der Waals surface area contributed by atoms with Gasteiger partial charge in [0.15, 0.2) is 5.78 Å². The molecule has 0 bridgehead atoms. The summed E-state index contributed by atoms with van der Waals surface area (Å²) in [6.07, 6.45) is 4.70. The topological polar surface area (TPSA) is 340 Å². The molecule has 0 spiro atoms. The number of nitrogens with one attached hydrogen (secondary N) is 8. The lowest BCUT2D eigenvalue weighted by Crippen LogP contribution is -2.61. The maximum Gasteiger partial charge on any atom is 0.330 e. The Balaban J connectivity index is 3.20. The summed E-state index contributed by atoms with van der Waals surface area (Å²) in [7, 11) is 1.16. The van der Waals surface area contributed by atoms with Crippen molar-refractivity contribution in [1.82, 2.24) is 42.5 Å². The van der Waals surface area contributed by atoms with Crippen molar-refractivity contribution in [1.29, 1.82) is 0 Å². The second-order valence-electron chi connectivity index (χ2n) is 20.0. The van der Waals surface area contributed by atoms with Crippen molar-refractivity contribution in [2.24, 2.45) is 41.4 Å². The Kier molecular flexibility index (Phi) is 30.5. The summed E-state index contributed by atoms with van der Waals surface area (Å²) in [6, 6.07) is -6.65. The lowest BCUT2D eigenvalue weighted by Gasteiger charge is -2.30. The summed E-state index contributed by atoms with van der Waals surface area (Å²) < 4.78 is 9.47. The summed E-state index contributed by atoms with van der Waals surface area (Å²) in [5.74, 6) is -10.9. The van der Waals surface area contributed by atoms with E-state index in [1.165, 1.54) is 13.0 Å². The molecule has 0 radical (unpaired) electrons. The summed E-state index contributed by atoms with van der Waals surface area (Å²) in [4.78, 5) is 156. The number of amides is 8. The molecule has 1 aliphatic rings. The number of hydrogen-bond donors (Lipinski definition) is 9. The first-order chi connectivity index (χ1) is 34.8. The third-order valence-electron chi connectivity index (χ3n) is 12.4. The van der Waals surface area contributed by atoms with Gasteiger partial charge in [-0.15, -0.1) is 0 Å². The Hall–Kier alpha value is -6.26. The number of carbonyl (C=O) groups is 12. The Morgan fingerprint density at radius 2 is 1.22 bits per heavy atom. The van der Waals surface area contributed by atoms with Crippen molar-refractivity contribution in [3.63, 3.8) is 0 Å². The van der Waals surface area contributed by atoms with E-state index >= 15 is 0 Å². The zero-order valence-electron chi connectivity index (χ0n) is 45.1. The van der Waals surface area contributed by atoms with Crippen molar-refractivity contribution >= 4 is 70.8 Å². The molecule has 23 heteroatoms. The fraction of sp³-hybridized carbons (Fsp3) is 0.725. The summed E-state index contributed by atoms with van der Waals surface area (Å²) in [5.41, 5.74) is 0. The minimum atomic E-state index is -1.67. The van der Waals surface area contributed by atoms with Crippen LogP contribution in [0.15, 0.2) is 12.2 Å². The van der Waals surface area contributed by atoms with Gasteiger partial charge in [0, 0.05) is 30.3 Å². The second kappa shape index (κ2) is 34.3. The molecule has 1 rings (SSSR count). The fourth-order valence-electron chi connectivity index (χ4n) is 8.27. The smallest absolute Gasteiger partial charge is 0.330 e. The van der Waals surface area contributed by atoms with E-state index in [1.807, 2.05) is 13.8 Å². The summed E-state index contributed by atoms with van der Waals surface area (Å²) in [5, 5.41) is 30.7. The molecule has 0 aromatic rings. The molecule has 1 aliphatic carbocycles. The number of carbonyl (C=O) groups excluding carboxylic acids is 12. The molecule has 74 heavy (non-hydrogen) atoms. The number of Topliss-reactive ketones (excluding diaryl/α,β-unsaturated/α-hetero) is 2. The van der Waals surface area contributed by atoms with Gasteiger partial charge in [0.2, 0.25) is 47.3 Å². The predicted octanol–water partition coefficient (Wildman–Crippen LogP) is 0.199. The Bertz CT molecular complexity index is 1970. The van der Waals surface area contributed by atoms with E-state index in [0.717, 1.165) is 13.2 Å². The zero-order valence-corrected chi connectivity index (χ0v) is 45.1. The number of rotatable bonds is 34. The molecule has 0 aromatic carbocycles. The van der Waals surface area contributed by atoms with Crippen molar-refractivity contribution in [2.75, 3.05) is 40.0 Å². The Labute approximate surface area is 435 Å². The number of ether oxygens (including phenoxy) is 2. The molecule has 0 aromatic heterocycles. The van der Waals surface area contributed by atoms with Crippen LogP contribution < -0.4 is 42.5 Å². The van der Waals surface area contributed by atoms with Crippen LogP contribution in [0.25, 0.3) is 0 Å². The van der Waals surface area contributed by atoms with Crippen molar-refractivity contribution in [3.05, 3.63) is 12.2 Å². The Morgan fingerprint density at radius 1 is 0.635 bits per heavy atom. The van der Waals surface area contributed by atoms with E-state index in [9.17, 15) is 62.6 Å². The van der Waals surface area contributed by atoms with Gasteiger partial charge in [-0.3, -0.25) is 47.9 Å². The third kappa shape index (κ3) is 24.2. The van der Waals surface area contributed by atoms with E-state index in [0.29, 0.717) is 32.1 Å². The maximum atomic E-state index is 13.9. The molecule has 9 atom stereocenters. The van der Waals surface area contributed by atoms with Crippen LogP contribution in [0.5, 0.6) is 0 Å². The average Bonchev–Trinajstić information content (AvgIpc) is 3.84. The average molecular weight is 1050 g/mol. The molecule has 1 saturated carbocycles. The standard InChI is InChI=1S/C51H84N8O15/c1-12-31(9)44(50(71)54-26-42(65)73-11)59-51(72)43(30(7)8)58-48(69)37(22-29(5)6)56-49(70)38(27-60)57-47(68)36(19-14-15-20-41(64)74-13-2)55-40(63)25-53-46(67)35-18-16-17-34(35)39(62)24-52-45(66)33(21-28(3)4)23-32(10)61/h15,20,28-31,33-38,43-44,60H,12-14,16-19,21-27H2,1-11H3,(H,52,66)(H,53,67)(H,54,71)(H,55,63)(H,56,70)(H,57,68)(H,58,69)(H,59,72)/b20-15+/t31?,33-,34?,35-,36+,37+,38+,43+,44+/m1/s1. The van der Waals surface area contributed by atoms with Gasteiger partial charge in [0.05, 0.1) is 33.4 Å². The van der Waals surface area contributed by atoms with Gasteiger partial charge in [-0.2, -0.15) is 0 Å². The lowest BCUT2D eigenvalue weighted by atomic mass is 9.90. The molecule has 0 heterocycles. The van der Waals surface area contributed by atoms with Gasteiger partial charge < -0.3 is 61.9 Å². The second-order valence-corrected chi connectivity index (χ2v) is 20.0. The number of methoxy groups -OCH3 is 1. The first kappa shape index (κ1) is 65.8. The lowest BCUT2D eigenvalue weighted by molar-refractivity contribution is -0.142. The van der Waals surface area contributed by atoms with E-state index < -0.39 is 133 Å². The van der Waals surface area contributed by atoms with Crippen LogP contribution >= 0.6 is 0 Å². The van der Waals surface area contributed by atoms with E-state index in [2.05, 4.69) is 47.3 Å². The van der Waals surface area contributed by atoms with Crippen LogP contribution in [0.4, 0.5) is 0 Å². The molecular weight excluding hydrogens is 965 g/mol. The van der Waals surface area contributed by atoms with E-state index in [4.69, 9.17) is 4.74 Å². The van der Waals surface area contributed by atoms with Crippen LogP contribution in [0.2, 0.25) is 0 Å². The molecule has 8 amide bonds. The van der Waals surface area contributed by atoms with Crippen LogP contribution in [-0.4, -0.2) is 146 Å². The monoisotopic (exact) mass is 1050 g/mol. The highest BCUT2D eigenvalue weighted by Gasteiger charge is 2.39. The molecule has 0 saturated heterocycles. The highest BCUT2D eigenvalue weighted by Crippen LogP contribution is 2.32. The molecule has 23 nitrogen and oxygen atoms in total. The molecule has 9 N–H and O–H groups in total. The first-order valence-corrected chi connectivity index (χ1v) is 25.7. The van der Waals surface area contributed by atoms with Gasteiger partial charge in [-0.25, -0.2) is 4.79 Å². The largest absolute Gasteiger partial charge is 0.468 e. The molecule has 0 aliphatic heterocycles. The van der Waals surface area contributed by atoms with Crippen molar-refractivity contribution in [2.45, 2.75) is 157 Å². The van der Waals surface area contributed by atoms with Crippen LogP contribution in [-0.2, 0) is 67.0 Å². The zero-order chi connectivity index (χ0) is 56.2. The minimum absolute atomic E-state index is 0.0341. The van der Waals surface area contributed by atoms with Crippen LogP contribution in [0.1, 0.15) is 127 Å². The minimum Gasteiger partial charge on any atom is -0.468 e. The molecule has 418 valence electrons. The maximum absolute atomic E-state index is 13.9. The molecular formula is C51H84N8O15. The van der Waals surface area contributed by atoms with Gasteiger partial charge in [0.25, 0.3) is 0 Å². The number of ketones is 2. The van der Waals surface area contributed by atoms with Gasteiger partial charge in [0.1, 0.15) is 42.5 Å². The highest BCUT2D eigenvalue weighted by molar-refractivity contribution is 5.98. The quantitative estimate of drug-likeness (QED) is 0.0307. The SMILES string of the molecule is CCOC(=O)/C=C/CC[C@H](NC(=O)CNC(=O)[C@@H]1CCCC1C(=O)CNC(=O)[C@@H](CC(C)=O)CC(C)C)C(=O)N[C@@H](CO)C(=O)N[C@@H](CC(C)C)C(=O)N[C@H](C(=O)N[C@H](C(=O)NCC(=O)OC)C(C)CC)C(C)C. The molecule has 2 unspecified atom stereocenters. The predicted molar refractivity (Wildman–Crippen MR) is 271 cm³/mol. The van der Waals surface area contributed by atoms with E-state index in [1.54, 1.807) is 48.5 Å². The third-order valence-corrected chi connectivity index (χ3v) is 12.4. The number of aliphatic hydroxyl groups excluding tert-OH is 1. The molecule has 1 fully saturated rings. The number of hydrogen-bond acceptors (Lipinski definition) is 15. The van der Waals surface area contributed by atoms with Crippen LogP contribution in [0.3, 0.4) is 0 Å². The van der Waals surface area contributed by atoms with Gasteiger partial charge in [-0.05, 0) is 76.0 Å². The summed E-state index contributed by atoms with van der Waals surface area (Å²) >= 11 is 0. The van der Waals surface area contributed by atoms with Gasteiger partial charge >= 0.3 is 11.9 Å². The van der Waals surface area contributed by atoms with E-state index in [-0.39, 0.29) is 68.2 Å². The number of aliphatic hydroxyl groups is 1. The van der Waals surface area contributed by atoms with Gasteiger partial charge in [-0.1, -0.05) is 74.3 Å². The van der Waals surface area contributed by atoms with Crippen molar-refractivity contribution < 1.29 is 72.1 Å². The van der Waals surface area contributed by atoms with Crippen molar-refractivity contribution in [3.8, 4) is 0 Å². The summed E-state index contributed by atoms with van der Waals surface area (Å²) in [6.45, 7) is 15.0. The number of esters is 2. The Morgan fingerprint density at radius 3 is 1.78 bits per heavy atom. The highest BCUT2D eigenvalue weighted by atomic mass is 16.5. The fourth-order valence-corrected chi connectivity index (χ4v) is 8.27. The number of allylic oxidation sites excluding steroid dienone is 1. The normalized spacial score (nSPS) is 17.1. The van der Waals surface area contributed by atoms with Crippen LogP contribution in [0, 0.1) is 41.4 Å². The first-order valence-electron chi connectivity index (χ1n) is 25.7.